The topological polar surface area (TPSA) is 65.1 Å². The third kappa shape index (κ3) is 1.69. The number of hydrogen-bond donors (Lipinski definition) is 0. The SMILES string of the molecule is C=C1C(=O)O[C@H]2C[C@H](C)[C@@H]3CC[C@@]4(COC(C)=O)O[C@@]34C[C@H]12. The van der Waals surface area contributed by atoms with Crippen LogP contribution < -0.4 is 0 Å². The first-order valence-corrected chi connectivity index (χ1v) is 8.12. The first kappa shape index (κ1) is 14.2. The summed E-state index contributed by atoms with van der Waals surface area (Å²) in [6, 6.07) is 0. The summed E-state index contributed by atoms with van der Waals surface area (Å²) in [6.45, 7) is 7.90. The molecule has 2 aliphatic heterocycles. The lowest BCUT2D eigenvalue weighted by Crippen LogP contribution is -2.33. The monoisotopic (exact) mass is 306 g/mol. The summed E-state index contributed by atoms with van der Waals surface area (Å²) < 4.78 is 17.0. The Balaban J connectivity index is 1.63. The molecule has 6 atom stereocenters. The molecule has 0 aromatic rings. The van der Waals surface area contributed by atoms with Crippen molar-refractivity contribution in [2.45, 2.75) is 56.8 Å². The normalized spacial score (nSPS) is 48.8. The summed E-state index contributed by atoms with van der Waals surface area (Å²) in [5.74, 6) is 0.376. The average Bonchev–Trinajstić information content (AvgIpc) is 2.92. The molecule has 22 heavy (non-hydrogen) atoms. The maximum atomic E-state index is 11.8. The molecule has 120 valence electrons. The molecule has 4 rings (SSSR count). The van der Waals surface area contributed by atoms with Crippen LogP contribution in [0.5, 0.6) is 0 Å². The third-order valence-corrected chi connectivity index (χ3v) is 6.30. The Kier molecular flexibility index (Phi) is 2.81. The molecule has 0 bridgehead atoms. The molecule has 0 amide bonds. The summed E-state index contributed by atoms with van der Waals surface area (Å²) in [7, 11) is 0. The predicted octanol–water partition coefficient (Wildman–Crippen LogP) is 2.00. The van der Waals surface area contributed by atoms with Gasteiger partial charge in [-0.3, -0.25) is 4.79 Å². The molecule has 1 spiro atoms. The minimum absolute atomic E-state index is 0.0391. The summed E-state index contributed by atoms with van der Waals surface area (Å²) in [6.07, 6.45) is 3.58. The lowest BCUT2D eigenvalue weighted by atomic mass is 9.78. The van der Waals surface area contributed by atoms with E-state index in [-0.39, 0.29) is 35.2 Å². The van der Waals surface area contributed by atoms with E-state index in [1.807, 2.05) is 0 Å². The number of rotatable bonds is 2. The largest absolute Gasteiger partial charge is 0.463 e. The number of epoxide rings is 1. The van der Waals surface area contributed by atoms with Crippen molar-refractivity contribution in [2.24, 2.45) is 17.8 Å². The van der Waals surface area contributed by atoms with E-state index in [4.69, 9.17) is 14.2 Å². The number of esters is 2. The Bertz CT molecular complexity index is 569. The minimum Gasteiger partial charge on any atom is -0.463 e. The van der Waals surface area contributed by atoms with Gasteiger partial charge in [0.25, 0.3) is 0 Å². The number of ether oxygens (including phenoxy) is 3. The molecule has 0 aromatic heterocycles. The van der Waals surface area contributed by atoms with Crippen molar-refractivity contribution in [2.75, 3.05) is 6.61 Å². The third-order valence-electron chi connectivity index (χ3n) is 6.30. The predicted molar refractivity (Wildman–Crippen MR) is 76.8 cm³/mol. The summed E-state index contributed by atoms with van der Waals surface area (Å²) >= 11 is 0. The molecular formula is C17H22O5. The van der Waals surface area contributed by atoms with Gasteiger partial charge in [-0.1, -0.05) is 13.5 Å². The van der Waals surface area contributed by atoms with Crippen LogP contribution in [0.4, 0.5) is 0 Å². The molecule has 2 aliphatic carbocycles. The van der Waals surface area contributed by atoms with Crippen molar-refractivity contribution >= 4 is 11.9 Å². The lowest BCUT2D eigenvalue weighted by molar-refractivity contribution is -0.143. The molecule has 4 fully saturated rings. The first-order valence-electron chi connectivity index (χ1n) is 8.12. The molecule has 0 N–H and O–H groups in total. The molecule has 2 heterocycles. The zero-order valence-corrected chi connectivity index (χ0v) is 13.1. The molecule has 5 nitrogen and oxygen atoms in total. The van der Waals surface area contributed by atoms with Gasteiger partial charge in [0.05, 0.1) is 0 Å². The number of carbonyl (C=O) groups excluding carboxylic acids is 2. The fourth-order valence-corrected chi connectivity index (χ4v) is 5.18. The maximum absolute atomic E-state index is 11.8. The van der Waals surface area contributed by atoms with Crippen LogP contribution in [0, 0.1) is 17.8 Å². The van der Waals surface area contributed by atoms with Crippen LogP contribution in [0.15, 0.2) is 12.2 Å². The number of hydrogen-bond acceptors (Lipinski definition) is 5. The van der Waals surface area contributed by atoms with Crippen molar-refractivity contribution in [1.82, 2.24) is 0 Å². The molecule has 0 radical (unpaired) electrons. The molecular weight excluding hydrogens is 284 g/mol. The van der Waals surface area contributed by atoms with Crippen LogP contribution in [-0.2, 0) is 23.8 Å². The second kappa shape index (κ2) is 4.34. The Morgan fingerprint density at radius 2 is 2.27 bits per heavy atom. The van der Waals surface area contributed by atoms with Gasteiger partial charge in [-0.15, -0.1) is 0 Å². The number of fused-ring (bicyclic) bond motifs is 1. The van der Waals surface area contributed by atoms with Gasteiger partial charge in [-0.2, -0.15) is 0 Å². The summed E-state index contributed by atoms with van der Waals surface area (Å²) in [5, 5.41) is 0. The van der Waals surface area contributed by atoms with E-state index in [0.29, 0.717) is 24.0 Å². The van der Waals surface area contributed by atoms with E-state index in [1.54, 1.807) is 0 Å². The zero-order chi connectivity index (χ0) is 15.7. The van der Waals surface area contributed by atoms with E-state index in [0.717, 1.165) is 25.7 Å². The molecule has 0 unspecified atom stereocenters. The molecule has 5 heteroatoms. The standard InChI is InChI=1S/C17H22O5/c1-9-6-14-12(10(2)15(19)21-14)7-17-13(9)4-5-16(17,22-17)8-20-11(3)18/h9,12-14H,2,4-8H2,1,3H3/t9-,12+,13-,14-,16-,17-/m0/s1. The minimum atomic E-state index is -0.349. The summed E-state index contributed by atoms with van der Waals surface area (Å²) in [5.41, 5.74) is -0.0348. The van der Waals surface area contributed by atoms with E-state index >= 15 is 0 Å². The lowest BCUT2D eigenvalue weighted by Gasteiger charge is -2.24. The van der Waals surface area contributed by atoms with Crippen LogP contribution in [0.3, 0.4) is 0 Å². The highest BCUT2D eigenvalue weighted by Crippen LogP contribution is 2.69. The highest BCUT2D eigenvalue weighted by Gasteiger charge is 2.79. The van der Waals surface area contributed by atoms with E-state index in [2.05, 4.69) is 13.5 Å². The Labute approximate surface area is 130 Å². The van der Waals surface area contributed by atoms with Crippen LogP contribution in [-0.4, -0.2) is 35.9 Å². The fraction of sp³-hybridized carbons (Fsp3) is 0.765. The van der Waals surface area contributed by atoms with E-state index in [9.17, 15) is 9.59 Å². The van der Waals surface area contributed by atoms with Crippen molar-refractivity contribution in [3.8, 4) is 0 Å². The Hall–Kier alpha value is -1.36. The molecule has 0 aromatic carbocycles. The second-order valence-corrected chi connectivity index (χ2v) is 7.40. The van der Waals surface area contributed by atoms with Crippen LogP contribution in [0.2, 0.25) is 0 Å². The van der Waals surface area contributed by atoms with Crippen LogP contribution in [0.1, 0.15) is 39.5 Å². The van der Waals surface area contributed by atoms with Gasteiger partial charge in [0.15, 0.2) is 0 Å². The summed E-state index contributed by atoms with van der Waals surface area (Å²) in [4.78, 5) is 23.0. The highest BCUT2D eigenvalue weighted by molar-refractivity contribution is 5.90. The van der Waals surface area contributed by atoms with Crippen LogP contribution >= 0.6 is 0 Å². The first-order chi connectivity index (χ1) is 10.4. The number of carbonyl (C=O) groups is 2. The van der Waals surface area contributed by atoms with E-state index in [1.165, 1.54) is 6.92 Å². The van der Waals surface area contributed by atoms with E-state index < -0.39 is 0 Å². The van der Waals surface area contributed by atoms with Gasteiger partial charge < -0.3 is 14.2 Å². The molecule has 4 aliphatic rings. The maximum Gasteiger partial charge on any atom is 0.334 e. The molecule has 2 saturated carbocycles. The van der Waals surface area contributed by atoms with Gasteiger partial charge >= 0.3 is 11.9 Å². The van der Waals surface area contributed by atoms with Crippen LogP contribution in [0.25, 0.3) is 0 Å². The fourth-order valence-electron chi connectivity index (χ4n) is 5.18. The highest BCUT2D eigenvalue weighted by atomic mass is 16.7. The average molecular weight is 306 g/mol. The van der Waals surface area contributed by atoms with Gasteiger partial charge in [-0.05, 0) is 37.5 Å². The van der Waals surface area contributed by atoms with Gasteiger partial charge in [0.2, 0.25) is 0 Å². The zero-order valence-electron chi connectivity index (χ0n) is 13.1. The van der Waals surface area contributed by atoms with Crippen molar-refractivity contribution in [3.63, 3.8) is 0 Å². The van der Waals surface area contributed by atoms with Crippen molar-refractivity contribution in [3.05, 3.63) is 12.2 Å². The Morgan fingerprint density at radius 1 is 1.50 bits per heavy atom. The van der Waals surface area contributed by atoms with Crippen molar-refractivity contribution < 1.29 is 23.8 Å². The van der Waals surface area contributed by atoms with Gasteiger partial charge in [-0.25, -0.2) is 4.79 Å². The Morgan fingerprint density at radius 3 is 3.00 bits per heavy atom. The quantitative estimate of drug-likeness (QED) is 0.443. The molecule has 2 saturated heterocycles. The van der Waals surface area contributed by atoms with Gasteiger partial charge in [0.1, 0.15) is 23.9 Å². The second-order valence-electron chi connectivity index (χ2n) is 7.40. The smallest absolute Gasteiger partial charge is 0.334 e. The van der Waals surface area contributed by atoms with Crippen molar-refractivity contribution in [1.29, 1.82) is 0 Å². The van der Waals surface area contributed by atoms with Gasteiger partial charge in [0, 0.05) is 18.4 Å².